The summed E-state index contributed by atoms with van der Waals surface area (Å²) in [4.78, 5) is 26.0. The lowest BCUT2D eigenvalue weighted by Gasteiger charge is -2.51. The highest BCUT2D eigenvalue weighted by Gasteiger charge is 2.57. The second-order valence-corrected chi connectivity index (χ2v) is 26.5. The molecule has 5 aromatic rings. The fourth-order valence-corrected chi connectivity index (χ4v) is 16.4. The first-order chi connectivity index (χ1) is 37.3. The van der Waals surface area contributed by atoms with E-state index in [2.05, 4.69) is 72.4 Å². The van der Waals surface area contributed by atoms with Gasteiger partial charge in [-0.05, 0) is 57.1 Å². The van der Waals surface area contributed by atoms with Crippen LogP contribution < -0.4 is 0 Å². The molecule has 3 heterocycles. The molecule has 8 rings (SSSR count). The highest BCUT2D eigenvalue weighted by atomic mass is 28.4. The summed E-state index contributed by atoms with van der Waals surface area (Å²) in [7, 11) is -2.46. The maximum Gasteiger partial charge on any atom is 0.306 e. The number of fused-ring (bicyclic) bond motifs is 2. The van der Waals surface area contributed by atoms with Crippen molar-refractivity contribution in [3.05, 3.63) is 168 Å². The van der Waals surface area contributed by atoms with Crippen LogP contribution in [0.4, 0.5) is 0 Å². The highest BCUT2D eigenvalue weighted by Crippen LogP contribution is 2.44. The maximum absolute atomic E-state index is 13.8. The Morgan fingerprint density at radius 1 is 0.623 bits per heavy atom. The minimum Gasteiger partial charge on any atom is -0.454 e. The molecule has 0 spiro atoms. The first kappa shape index (κ1) is 58.2. The third kappa shape index (κ3) is 15.0. The Morgan fingerprint density at radius 2 is 1.25 bits per heavy atom. The largest absolute Gasteiger partial charge is 0.454 e. The minimum atomic E-state index is -2.46. The first-order valence-corrected chi connectivity index (χ1v) is 29.3. The van der Waals surface area contributed by atoms with Crippen LogP contribution in [0.2, 0.25) is 16.6 Å². The number of hydrogen-bond acceptors (Lipinski definition) is 14. The zero-order valence-corrected chi connectivity index (χ0v) is 46.6. The molecule has 0 amide bonds. The van der Waals surface area contributed by atoms with Crippen LogP contribution in [0.25, 0.3) is 10.8 Å². The van der Waals surface area contributed by atoms with Gasteiger partial charge in [-0.15, -0.1) is 6.58 Å². The molecule has 0 saturated carbocycles. The van der Waals surface area contributed by atoms with Crippen molar-refractivity contribution in [1.82, 2.24) is 0 Å². The number of benzene rings is 5. The summed E-state index contributed by atoms with van der Waals surface area (Å²) >= 11 is 0. The molecule has 3 aliphatic rings. The monoisotopic (exact) mass is 1070 g/mol. The van der Waals surface area contributed by atoms with E-state index in [9.17, 15) is 9.59 Å². The van der Waals surface area contributed by atoms with E-state index in [1.54, 1.807) is 6.08 Å². The Hall–Kier alpha value is -4.98. The van der Waals surface area contributed by atoms with Gasteiger partial charge in [-0.2, -0.15) is 0 Å². The summed E-state index contributed by atoms with van der Waals surface area (Å²) in [6, 6.07) is 43.7. The normalized spacial score (nSPS) is 25.7. The molecule has 0 N–H and O–H groups in total. The van der Waals surface area contributed by atoms with Crippen molar-refractivity contribution in [3.8, 4) is 0 Å². The molecule has 5 aromatic carbocycles. The van der Waals surface area contributed by atoms with Crippen LogP contribution in [0, 0.1) is 0 Å². The summed E-state index contributed by atoms with van der Waals surface area (Å²) in [5.74, 6) is -0.793. The zero-order valence-electron chi connectivity index (χ0n) is 45.6. The van der Waals surface area contributed by atoms with Crippen molar-refractivity contribution in [2.75, 3.05) is 26.6 Å². The Morgan fingerprint density at radius 3 is 1.91 bits per heavy atom. The number of rotatable bonds is 27. The standard InChI is InChI=1S/C62H78O14Si/c1-9-33-66-61-59(74-53(64)32-29-44(8)63)57(67-36-46-23-15-11-16-24-46)54(51(72-61)38-65-35-45-21-13-10-14-22-45)76-62-58(68-37-47-30-31-48-25-19-20-28-50(48)34-47)56(70-40-71-77(41(2)3,42(4)5)43(6)7)55-52(73-62)39-69-60(75-55)49-26-17-12-18-27-49/h9-28,30-31,34,41-43,51-52,54-62H,1,29,32-33,35-40H2,2-8H3/t51-,52-,54-,55-,56+,57+,58+,59+,60?,61+,62+/m1/s1. The molecule has 15 heteroatoms. The van der Waals surface area contributed by atoms with Gasteiger partial charge in [0.25, 0.3) is 0 Å². The van der Waals surface area contributed by atoms with E-state index < -0.39 is 82.0 Å². The molecular formula is C62H78O14Si. The van der Waals surface area contributed by atoms with Gasteiger partial charge in [-0.3, -0.25) is 4.79 Å². The van der Waals surface area contributed by atoms with Gasteiger partial charge in [0.2, 0.25) is 8.32 Å². The highest BCUT2D eigenvalue weighted by molar-refractivity contribution is 6.77. The molecule has 1 unspecified atom stereocenters. The predicted molar refractivity (Wildman–Crippen MR) is 294 cm³/mol. The average molecular weight is 1080 g/mol. The summed E-state index contributed by atoms with van der Waals surface area (Å²) in [5, 5.41) is 2.16. The number of carbonyl (C=O) groups is 2. The molecule has 11 atom stereocenters. The molecule has 0 aliphatic carbocycles. The van der Waals surface area contributed by atoms with Gasteiger partial charge in [0.05, 0.1) is 46.1 Å². The van der Waals surface area contributed by atoms with Gasteiger partial charge >= 0.3 is 5.97 Å². The maximum atomic E-state index is 13.8. The minimum absolute atomic E-state index is 0.00381. The van der Waals surface area contributed by atoms with Crippen molar-refractivity contribution < 1.29 is 66.1 Å². The van der Waals surface area contributed by atoms with Crippen molar-refractivity contribution in [3.63, 3.8) is 0 Å². The van der Waals surface area contributed by atoms with Gasteiger partial charge in [-0.1, -0.05) is 175 Å². The molecule has 414 valence electrons. The molecule has 0 radical (unpaired) electrons. The lowest BCUT2D eigenvalue weighted by molar-refractivity contribution is -0.397. The van der Waals surface area contributed by atoms with Crippen LogP contribution in [0.3, 0.4) is 0 Å². The topological polar surface area (TPSA) is 145 Å². The fourth-order valence-electron chi connectivity index (χ4n) is 11.1. The van der Waals surface area contributed by atoms with E-state index in [4.69, 9.17) is 56.5 Å². The lowest BCUT2D eigenvalue weighted by atomic mass is 9.95. The SMILES string of the molecule is C=CCO[C@H]1O[C@H](COCc2ccccc2)[C@@H](O[C@@H]2O[C@@H]3COC(c4ccccc4)O[C@H]3[C@H](OCO[Si](C(C)C)(C(C)C)C(C)C)[C@@H]2OCc2ccc3ccccc3c2)[C@H](OCc2ccccc2)[C@@H]1OC(=O)CCC(C)=O. The van der Waals surface area contributed by atoms with Crippen molar-refractivity contribution in [1.29, 1.82) is 0 Å². The quantitative estimate of drug-likeness (QED) is 0.0213. The van der Waals surface area contributed by atoms with E-state index in [1.807, 2.05) is 109 Å². The Kier molecular flexibility index (Phi) is 21.3. The van der Waals surface area contributed by atoms with Gasteiger partial charge in [0.1, 0.15) is 55.3 Å². The van der Waals surface area contributed by atoms with E-state index in [1.165, 1.54) is 6.92 Å². The number of ketones is 1. The average Bonchev–Trinajstić information content (AvgIpc) is 3.44. The smallest absolute Gasteiger partial charge is 0.306 e. The molecule has 3 aliphatic heterocycles. The van der Waals surface area contributed by atoms with Gasteiger partial charge < -0.3 is 61.3 Å². The molecule has 0 bridgehead atoms. The fraction of sp³-hybridized carbons (Fsp3) is 0.484. The second kappa shape index (κ2) is 28.2. The van der Waals surface area contributed by atoms with Crippen LogP contribution >= 0.6 is 0 Å². The zero-order chi connectivity index (χ0) is 54.3. The lowest BCUT2D eigenvalue weighted by Crippen LogP contribution is -2.67. The van der Waals surface area contributed by atoms with Crippen LogP contribution in [-0.2, 0) is 85.9 Å². The number of esters is 1. The van der Waals surface area contributed by atoms with E-state index in [0.717, 1.165) is 33.0 Å². The molecule has 3 saturated heterocycles. The summed E-state index contributed by atoms with van der Waals surface area (Å²) in [6.45, 7) is 19.4. The molecular weight excluding hydrogens is 997 g/mol. The Bertz CT molecular complexity index is 2580. The molecule has 14 nitrogen and oxygen atoms in total. The summed E-state index contributed by atoms with van der Waals surface area (Å²) in [6.07, 6.45) is -9.29. The van der Waals surface area contributed by atoms with Gasteiger partial charge in [0, 0.05) is 12.0 Å². The number of Topliss-reactive ketones (excluding diaryl/α,β-unsaturated/α-hetero) is 1. The van der Waals surface area contributed by atoms with Crippen LogP contribution in [0.1, 0.15) is 89.9 Å². The summed E-state index contributed by atoms with van der Waals surface area (Å²) < 4.78 is 82.1. The van der Waals surface area contributed by atoms with Crippen molar-refractivity contribution >= 4 is 30.8 Å². The second-order valence-electron chi connectivity index (χ2n) is 21.1. The van der Waals surface area contributed by atoms with Gasteiger partial charge in [-0.25, -0.2) is 0 Å². The Balaban J connectivity index is 1.21. The third-order valence-corrected chi connectivity index (χ3v) is 20.8. The van der Waals surface area contributed by atoms with E-state index in [0.29, 0.717) is 0 Å². The molecule has 3 fully saturated rings. The van der Waals surface area contributed by atoms with E-state index >= 15 is 0 Å². The number of carbonyl (C=O) groups excluding carboxylic acids is 2. The number of hydrogen-bond donors (Lipinski definition) is 0. The molecule has 77 heavy (non-hydrogen) atoms. The number of ether oxygens (including phenoxy) is 11. The van der Waals surface area contributed by atoms with Crippen LogP contribution in [-0.4, -0.2) is 108 Å². The first-order valence-electron chi connectivity index (χ1n) is 27.2. The summed E-state index contributed by atoms with van der Waals surface area (Å²) in [5.41, 5.74) is 4.42. The van der Waals surface area contributed by atoms with E-state index in [-0.39, 0.29) is 81.7 Å². The molecule has 0 aromatic heterocycles. The van der Waals surface area contributed by atoms with Crippen LogP contribution in [0.5, 0.6) is 0 Å². The third-order valence-electron chi connectivity index (χ3n) is 14.8. The predicted octanol–water partition coefficient (Wildman–Crippen LogP) is 11.5. The van der Waals surface area contributed by atoms with Crippen LogP contribution in [0.15, 0.2) is 146 Å². The Labute approximate surface area is 455 Å². The van der Waals surface area contributed by atoms with Gasteiger partial charge in [0.15, 0.2) is 25.0 Å². The van der Waals surface area contributed by atoms with Crippen molar-refractivity contribution in [2.45, 2.75) is 165 Å². The van der Waals surface area contributed by atoms with Crippen molar-refractivity contribution in [2.24, 2.45) is 0 Å².